The largest absolute Gasteiger partial charge is 0.393 e. The van der Waals surface area contributed by atoms with Gasteiger partial charge in [-0.15, -0.1) is 13.2 Å². The van der Waals surface area contributed by atoms with Gasteiger partial charge in [0, 0.05) is 6.42 Å². The fourth-order valence-electron chi connectivity index (χ4n) is 0.335. The van der Waals surface area contributed by atoms with Gasteiger partial charge in [0.15, 0.2) is 3.79 Å². The highest BCUT2D eigenvalue weighted by atomic mass is 35.6. The summed E-state index contributed by atoms with van der Waals surface area (Å²) in [5.74, 6) is 0. The Hall–Kier alpha value is 0.570. The molecule has 0 bridgehead atoms. The van der Waals surface area contributed by atoms with Crippen molar-refractivity contribution in [3.05, 3.63) is 13.2 Å². The van der Waals surface area contributed by atoms with Gasteiger partial charge in [-0.05, 0) is 6.92 Å². The van der Waals surface area contributed by atoms with E-state index >= 15 is 0 Å². The highest BCUT2D eigenvalue weighted by molar-refractivity contribution is 6.67. The Morgan fingerprint density at radius 2 is 1.70 bits per heavy atom. The van der Waals surface area contributed by atoms with E-state index in [0.29, 0.717) is 0 Å². The third-order valence-electron chi connectivity index (χ3n) is 0.527. The highest BCUT2D eigenvalue weighted by Gasteiger charge is 2.21. The maximum atomic E-state index is 8.63. The molecule has 0 fully saturated rings. The van der Waals surface area contributed by atoms with E-state index in [1.807, 2.05) is 0 Å². The summed E-state index contributed by atoms with van der Waals surface area (Å²) < 4.78 is -1.31. The van der Waals surface area contributed by atoms with E-state index in [1.54, 1.807) is 6.92 Å². The molecule has 62 valence electrons. The molecule has 0 heterocycles. The van der Waals surface area contributed by atoms with Gasteiger partial charge in [-0.25, -0.2) is 0 Å². The van der Waals surface area contributed by atoms with Crippen LogP contribution < -0.4 is 0 Å². The molecule has 0 spiro atoms. The van der Waals surface area contributed by atoms with Gasteiger partial charge in [0.2, 0.25) is 0 Å². The van der Waals surface area contributed by atoms with Crippen LogP contribution in [0.2, 0.25) is 0 Å². The van der Waals surface area contributed by atoms with Crippen LogP contribution in [-0.4, -0.2) is 15.0 Å². The molecule has 10 heavy (non-hydrogen) atoms. The summed E-state index contributed by atoms with van der Waals surface area (Å²) in [6.07, 6.45) is -0.375. The number of hydrogen-bond donors (Lipinski definition) is 1. The van der Waals surface area contributed by atoms with Gasteiger partial charge in [0.25, 0.3) is 0 Å². The molecular weight excluding hydrogens is 194 g/mol. The Kier molecular flexibility index (Phi) is 8.29. The molecule has 0 aromatic carbocycles. The number of rotatable bonds is 1. The van der Waals surface area contributed by atoms with E-state index in [1.165, 1.54) is 0 Å². The molecular formula is C6H11Cl3O. The minimum atomic E-state index is -1.31. The minimum absolute atomic E-state index is 0.178. The zero-order valence-electron chi connectivity index (χ0n) is 5.78. The van der Waals surface area contributed by atoms with E-state index in [4.69, 9.17) is 39.9 Å². The number of aliphatic hydroxyl groups is 1. The zero-order chi connectivity index (χ0) is 8.78. The maximum absolute atomic E-state index is 8.63. The van der Waals surface area contributed by atoms with Gasteiger partial charge in [0.05, 0.1) is 6.10 Å². The Bertz CT molecular complexity index is 77.6. The highest BCUT2D eigenvalue weighted by Crippen LogP contribution is 2.30. The quantitative estimate of drug-likeness (QED) is 0.515. The summed E-state index contributed by atoms with van der Waals surface area (Å²) in [5.41, 5.74) is 0. The van der Waals surface area contributed by atoms with Crippen molar-refractivity contribution >= 4 is 34.8 Å². The van der Waals surface area contributed by atoms with Gasteiger partial charge in [-0.1, -0.05) is 34.8 Å². The third kappa shape index (κ3) is 15.8. The van der Waals surface area contributed by atoms with Crippen LogP contribution >= 0.6 is 34.8 Å². The van der Waals surface area contributed by atoms with Crippen molar-refractivity contribution in [3.63, 3.8) is 0 Å². The SMILES string of the molecule is C=C.CC(O)CC(Cl)(Cl)Cl. The minimum Gasteiger partial charge on any atom is -0.393 e. The molecule has 0 saturated heterocycles. The predicted octanol–water partition coefficient (Wildman–Crippen LogP) is 2.93. The van der Waals surface area contributed by atoms with Crippen LogP contribution in [-0.2, 0) is 0 Å². The zero-order valence-corrected chi connectivity index (χ0v) is 8.05. The van der Waals surface area contributed by atoms with Crippen molar-refractivity contribution < 1.29 is 5.11 Å². The number of alkyl halides is 3. The predicted molar refractivity (Wildman–Crippen MR) is 47.8 cm³/mol. The summed E-state index contributed by atoms with van der Waals surface area (Å²) >= 11 is 15.9. The standard InChI is InChI=1S/C4H7Cl3O.C2H4/c1-3(8)2-4(5,6)7;1-2/h3,8H,2H2,1H3;1-2H2. The average Bonchev–Trinajstić information content (AvgIpc) is 1.64. The number of hydrogen-bond acceptors (Lipinski definition) is 1. The third-order valence-corrected chi connectivity index (χ3v) is 0.990. The second-order valence-corrected chi connectivity index (χ2v) is 4.18. The van der Waals surface area contributed by atoms with E-state index in [9.17, 15) is 0 Å². The molecule has 0 radical (unpaired) electrons. The van der Waals surface area contributed by atoms with Gasteiger partial charge in [-0.3, -0.25) is 0 Å². The van der Waals surface area contributed by atoms with Crippen LogP contribution in [0.4, 0.5) is 0 Å². The van der Waals surface area contributed by atoms with E-state index in [0.717, 1.165) is 0 Å². The Labute approximate surface area is 76.6 Å². The summed E-state index contributed by atoms with van der Waals surface area (Å²) in [7, 11) is 0. The van der Waals surface area contributed by atoms with Gasteiger partial charge in [-0.2, -0.15) is 0 Å². The molecule has 1 N–H and O–H groups in total. The summed E-state index contributed by atoms with van der Waals surface area (Å²) in [5, 5.41) is 8.63. The van der Waals surface area contributed by atoms with Crippen LogP contribution in [0.5, 0.6) is 0 Å². The molecule has 0 saturated carbocycles. The van der Waals surface area contributed by atoms with E-state index < -0.39 is 9.90 Å². The lowest BCUT2D eigenvalue weighted by Gasteiger charge is -2.11. The van der Waals surface area contributed by atoms with Crippen LogP contribution in [0, 0.1) is 0 Å². The smallest absolute Gasteiger partial charge is 0.193 e. The summed E-state index contributed by atoms with van der Waals surface area (Å²) in [6, 6.07) is 0. The summed E-state index contributed by atoms with van der Waals surface area (Å²) in [6.45, 7) is 7.57. The summed E-state index contributed by atoms with van der Waals surface area (Å²) in [4.78, 5) is 0. The first-order chi connectivity index (χ1) is 4.42. The number of halogens is 3. The average molecular weight is 206 g/mol. The molecule has 1 nitrogen and oxygen atoms in total. The Morgan fingerprint density at radius 3 is 1.70 bits per heavy atom. The number of aliphatic hydroxyl groups excluding tert-OH is 1. The Morgan fingerprint density at radius 1 is 1.40 bits per heavy atom. The first kappa shape index (κ1) is 13.2. The fourth-order valence-corrected chi connectivity index (χ4v) is 1.00. The van der Waals surface area contributed by atoms with Crippen molar-refractivity contribution in [2.45, 2.75) is 23.2 Å². The van der Waals surface area contributed by atoms with Gasteiger partial charge in [0.1, 0.15) is 0 Å². The van der Waals surface area contributed by atoms with E-state index in [2.05, 4.69) is 13.2 Å². The van der Waals surface area contributed by atoms with E-state index in [-0.39, 0.29) is 6.42 Å². The molecule has 1 atom stereocenters. The van der Waals surface area contributed by atoms with Gasteiger partial charge < -0.3 is 5.11 Å². The molecule has 0 amide bonds. The lowest BCUT2D eigenvalue weighted by atomic mass is 10.3. The lowest BCUT2D eigenvalue weighted by molar-refractivity contribution is 0.186. The van der Waals surface area contributed by atoms with Crippen LogP contribution in [0.3, 0.4) is 0 Å². The van der Waals surface area contributed by atoms with Gasteiger partial charge >= 0.3 is 0 Å². The molecule has 4 heteroatoms. The normalized spacial score (nSPS) is 13.3. The molecule has 0 aliphatic heterocycles. The first-order valence-corrected chi connectivity index (χ1v) is 3.80. The van der Waals surface area contributed by atoms with Crippen molar-refractivity contribution in [2.24, 2.45) is 0 Å². The van der Waals surface area contributed by atoms with Crippen molar-refractivity contribution in [2.75, 3.05) is 0 Å². The first-order valence-electron chi connectivity index (χ1n) is 2.66. The second-order valence-electron chi connectivity index (χ2n) is 1.67. The topological polar surface area (TPSA) is 20.2 Å². The molecule has 0 aromatic rings. The fraction of sp³-hybridized carbons (Fsp3) is 0.667. The van der Waals surface area contributed by atoms with Crippen LogP contribution in [0.25, 0.3) is 0 Å². The molecule has 0 aliphatic rings. The second kappa shape index (κ2) is 6.29. The molecule has 0 rings (SSSR count). The van der Waals surface area contributed by atoms with Crippen LogP contribution in [0.1, 0.15) is 13.3 Å². The monoisotopic (exact) mass is 204 g/mol. The van der Waals surface area contributed by atoms with Crippen molar-refractivity contribution in [1.82, 2.24) is 0 Å². The lowest BCUT2D eigenvalue weighted by Crippen LogP contribution is -2.12. The molecule has 0 aliphatic carbocycles. The maximum Gasteiger partial charge on any atom is 0.193 e. The van der Waals surface area contributed by atoms with Crippen molar-refractivity contribution in [3.8, 4) is 0 Å². The Balaban J connectivity index is 0. The van der Waals surface area contributed by atoms with Crippen molar-refractivity contribution in [1.29, 1.82) is 0 Å². The van der Waals surface area contributed by atoms with Crippen LogP contribution in [0.15, 0.2) is 13.2 Å². The molecule has 1 unspecified atom stereocenters. The molecule has 0 aromatic heterocycles.